The first kappa shape index (κ1) is 18.9. The molecule has 2 rings (SSSR count). The highest BCUT2D eigenvalue weighted by Crippen LogP contribution is 2.37. The SMILES string of the molecule is Nc1ccc(NCCO)c(-c2cc(NCCO)ccc2NCCO)c1. The monoisotopic (exact) mass is 346 g/mol. The number of anilines is 4. The first-order valence-corrected chi connectivity index (χ1v) is 8.27. The zero-order valence-corrected chi connectivity index (χ0v) is 14.1. The Morgan fingerprint density at radius 1 is 0.680 bits per heavy atom. The molecule has 0 amide bonds. The van der Waals surface area contributed by atoms with Gasteiger partial charge in [0.05, 0.1) is 19.8 Å². The zero-order valence-electron chi connectivity index (χ0n) is 14.1. The topological polar surface area (TPSA) is 123 Å². The van der Waals surface area contributed by atoms with Gasteiger partial charge < -0.3 is 37.0 Å². The molecule has 7 heteroatoms. The van der Waals surface area contributed by atoms with Gasteiger partial charge in [-0.15, -0.1) is 0 Å². The first-order chi connectivity index (χ1) is 12.2. The fraction of sp³-hybridized carbons (Fsp3) is 0.333. The van der Waals surface area contributed by atoms with E-state index in [1.807, 2.05) is 30.3 Å². The number of benzene rings is 2. The average molecular weight is 346 g/mol. The Balaban J connectivity index is 2.47. The highest BCUT2D eigenvalue weighted by atomic mass is 16.3. The van der Waals surface area contributed by atoms with Crippen molar-refractivity contribution >= 4 is 22.7 Å². The molecule has 0 atom stereocenters. The number of rotatable bonds is 10. The van der Waals surface area contributed by atoms with E-state index in [1.165, 1.54) is 0 Å². The highest BCUT2D eigenvalue weighted by molar-refractivity contribution is 5.89. The number of aliphatic hydroxyl groups is 3. The van der Waals surface area contributed by atoms with Gasteiger partial charge in [0.25, 0.3) is 0 Å². The number of nitrogen functional groups attached to an aromatic ring is 1. The van der Waals surface area contributed by atoms with Crippen molar-refractivity contribution in [3.63, 3.8) is 0 Å². The summed E-state index contributed by atoms with van der Waals surface area (Å²) in [5.41, 5.74) is 11.0. The smallest absolute Gasteiger partial charge is 0.0604 e. The average Bonchev–Trinajstić information content (AvgIpc) is 2.64. The summed E-state index contributed by atoms with van der Waals surface area (Å²) < 4.78 is 0. The number of hydrogen-bond donors (Lipinski definition) is 7. The van der Waals surface area contributed by atoms with Gasteiger partial charge in [0, 0.05) is 53.5 Å². The molecule has 136 valence electrons. The van der Waals surface area contributed by atoms with E-state index in [2.05, 4.69) is 16.0 Å². The Hall–Kier alpha value is -2.48. The molecule has 2 aromatic carbocycles. The van der Waals surface area contributed by atoms with Gasteiger partial charge in [0.15, 0.2) is 0 Å². The minimum absolute atomic E-state index is 0.0243. The highest BCUT2D eigenvalue weighted by Gasteiger charge is 2.12. The van der Waals surface area contributed by atoms with Crippen LogP contribution in [0.1, 0.15) is 0 Å². The molecule has 0 aliphatic carbocycles. The number of hydrogen-bond acceptors (Lipinski definition) is 7. The van der Waals surface area contributed by atoms with Gasteiger partial charge >= 0.3 is 0 Å². The molecule has 0 heterocycles. The van der Waals surface area contributed by atoms with Crippen LogP contribution in [0.15, 0.2) is 36.4 Å². The fourth-order valence-electron chi connectivity index (χ4n) is 2.55. The third kappa shape index (κ3) is 5.25. The Morgan fingerprint density at radius 3 is 1.80 bits per heavy atom. The van der Waals surface area contributed by atoms with Crippen LogP contribution in [-0.2, 0) is 0 Å². The van der Waals surface area contributed by atoms with Gasteiger partial charge in [-0.25, -0.2) is 0 Å². The van der Waals surface area contributed by atoms with Crippen molar-refractivity contribution in [1.82, 2.24) is 0 Å². The van der Waals surface area contributed by atoms with E-state index in [9.17, 15) is 0 Å². The molecule has 8 N–H and O–H groups in total. The van der Waals surface area contributed by atoms with Gasteiger partial charge in [-0.3, -0.25) is 0 Å². The van der Waals surface area contributed by atoms with Crippen molar-refractivity contribution in [1.29, 1.82) is 0 Å². The van der Waals surface area contributed by atoms with Crippen molar-refractivity contribution in [2.45, 2.75) is 0 Å². The van der Waals surface area contributed by atoms with Crippen molar-refractivity contribution in [3.8, 4) is 11.1 Å². The normalized spacial score (nSPS) is 10.5. The standard InChI is InChI=1S/C18H26N4O3/c19-13-1-3-17(21-6-9-24)15(11-13)16-12-14(20-5-8-23)2-4-18(16)22-7-10-25/h1-4,11-12,20-25H,5-10,19H2. The van der Waals surface area contributed by atoms with Gasteiger partial charge in [0.1, 0.15) is 0 Å². The van der Waals surface area contributed by atoms with Crippen LogP contribution in [-0.4, -0.2) is 54.8 Å². The molecule has 0 unspecified atom stereocenters. The van der Waals surface area contributed by atoms with Crippen molar-refractivity contribution in [2.24, 2.45) is 0 Å². The number of nitrogens with two attached hydrogens (primary N) is 1. The van der Waals surface area contributed by atoms with Crippen molar-refractivity contribution in [3.05, 3.63) is 36.4 Å². The van der Waals surface area contributed by atoms with Gasteiger partial charge in [0.2, 0.25) is 0 Å². The van der Waals surface area contributed by atoms with Crippen LogP contribution in [0.25, 0.3) is 11.1 Å². The van der Waals surface area contributed by atoms with Crippen molar-refractivity contribution in [2.75, 3.05) is 61.1 Å². The maximum absolute atomic E-state index is 9.11. The second kappa shape index (κ2) is 9.73. The minimum atomic E-state index is 0.0243. The van der Waals surface area contributed by atoms with Crippen LogP contribution < -0.4 is 21.7 Å². The lowest BCUT2D eigenvalue weighted by Crippen LogP contribution is -2.10. The molecule has 0 saturated heterocycles. The summed E-state index contributed by atoms with van der Waals surface area (Å²) in [4.78, 5) is 0. The maximum atomic E-state index is 9.11. The van der Waals surface area contributed by atoms with Crippen LogP contribution in [0.4, 0.5) is 22.7 Å². The predicted molar refractivity (Wildman–Crippen MR) is 103 cm³/mol. The molecule has 25 heavy (non-hydrogen) atoms. The summed E-state index contributed by atoms with van der Waals surface area (Å²) in [7, 11) is 0. The van der Waals surface area contributed by atoms with Gasteiger partial charge in [-0.1, -0.05) is 0 Å². The van der Waals surface area contributed by atoms with Crippen molar-refractivity contribution < 1.29 is 15.3 Å². The number of nitrogens with one attached hydrogen (secondary N) is 3. The molecule has 2 aromatic rings. The van der Waals surface area contributed by atoms with Gasteiger partial charge in [-0.05, 0) is 36.4 Å². The Bertz CT molecular complexity index is 679. The Kier molecular flexibility index (Phi) is 7.34. The summed E-state index contributed by atoms with van der Waals surface area (Å²) in [5.74, 6) is 0. The van der Waals surface area contributed by atoms with Crippen LogP contribution in [0.3, 0.4) is 0 Å². The molecule has 0 spiro atoms. The molecule has 0 bridgehead atoms. The van der Waals surface area contributed by atoms with E-state index >= 15 is 0 Å². The first-order valence-electron chi connectivity index (χ1n) is 8.27. The van der Waals surface area contributed by atoms with Crippen LogP contribution in [0, 0.1) is 0 Å². The molecular formula is C18H26N4O3. The largest absolute Gasteiger partial charge is 0.399 e. The van der Waals surface area contributed by atoms with Gasteiger partial charge in [-0.2, -0.15) is 0 Å². The van der Waals surface area contributed by atoms with Crippen LogP contribution in [0.2, 0.25) is 0 Å². The lowest BCUT2D eigenvalue weighted by molar-refractivity contribution is 0.310. The molecule has 0 fully saturated rings. The van der Waals surface area contributed by atoms with E-state index in [0.29, 0.717) is 25.3 Å². The fourth-order valence-corrected chi connectivity index (χ4v) is 2.55. The Labute approximate surface area is 147 Å². The summed E-state index contributed by atoms with van der Waals surface area (Å²) in [6.07, 6.45) is 0. The third-order valence-corrected chi connectivity index (χ3v) is 3.65. The molecule has 7 nitrogen and oxygen atoms in total. The quantitative estimate of drug-likeness (QED) is 0.322. The molecule has 0 aliphatic heterocycles. The lowest BCUT2D eigenvalue weighted by Gasteiger charge is -2.18. The molecule has 0 radical (unpaired) electrons. The summed E-state index contributed by atoms with van der Waals surface area (Å²) in [6, 6.07) is 11.3. The van der Waals surface area contributed by atoms with Crippen LogP contribution >= 0.6 is 0 Å². The Morgan fingerprint density at radius 2 is 1.20 bits per heavy atom. The predicted octanol–water partition coefficient (Wildman–Crippen LogP) is 1.15. The van der Waals surface area contributed by atoms with E-state index in [4.69, 9.17) is 21.1 Å². The molecule has 0 aliphatic rings. The van der Waals surface area contributed by atoms with E-state index in [0.717, 1.165) is 28.2 Å². The third-order valence-electron chi connectivity index (χ3n) is 3.65. The second-order valence-electron chi connectivity index (χ2n) is 5.52. The van der Waals surface area contributed by atoms with E-state index < -0.39 is 0 Å². The molecular weight excluding hydrogens is 320 g/mol. The van der Waals surface area contributed by atoms with Crippen LogP contribution in [0.5, 0.6) is 0 Å². The van der Waals surface area contributed by atoms with E-state index in [-0.39, 0.29) is 19.8 Å². The molecule has 0 aromatic heterocycles. The van der Waals surface area contributed by atoms with E-state index in [1.54, 1.807) is 6.07 Å². The summed E-state index contributed by atoms with van der Waals surface area (Å²) >= 11 is 0. The zero-order chi connectivity index (χ0) is 18.1. The minimum Gasteiger partial charge on any atom is -0.399 e. The lowest BCUT2D eigenvalue weighted by atomic mass is 9.99. The summed E-state index contributed by atoms with van der Waals surface area (Å²) in [6.45, 7) is 1.40. The number of aliphatic hydroxyl groups excluding tert-OH is 3. The summed E-state index contributed by atoms with van der Waals surface area (Å²) in [5, 5.41) is 36.8. The molecule has 0 saturated carbocycles. The maximum Gasteiger partial charge on any atom is 0.0604 e. The second-order valence-corrected chi connectivity index (χ2v) is 5.52.